The van der Waals surface area contributed by atoms with Gasteiger partial charge in [0.05, 0.1) is 5.92 Å². The van der Waals surface area contributed by atoms with Crippen LogP contribution in [-0.4, -0.2) is 29.6 Å². The Morgan fingerprint density at radius 1 is 1.65 bits per heavy atom. The minimum absolute atomic E-state index is 0.0651. The summed E-state index contributed by atoms with van der Waals surface area (Å²) in [5.74, 6) is -1.26. The Balaban J connectivity index is 2.25. The van der Waals surface area contributed by atoms with Crippen molar-refractivity contribution < 1.29 is 14.4 Å². The second kappa shape index (κ2) is 4.42. The Labute approximate surface area is 105 Å². The highest BCUT2D eigenvalue weighted by molar-refractivity contribution is 7.17. The summed E-state index contributed by atoms with van der Waals surface area (Å²) < 4.78 is 0. The molecule has 2 heterocycles. The van der Waals surface area contributed by atoms with Crippen molar-refractivity contribution >= 4 is 46.2 Å². The second-order valence-corrected chi connectivity index (χ2v) is 4.94. The van der Waals surface area contributed by atoms with E-state index in [1.54, 1.807) is 0 Å². The molecule has 90 valence electrons. The number of carbonyl (C=O) groups is 3. The maximum Gasteiger partial charge on any atom is 0.229 e. The van der Waals surface area contributed by atoms with Crippen molar-refractivity contribution in [3.05, 3.63) is 10.0 Å². The Bertz CT molecular complexity index is 502. The third kappa shape index (κ3) is 2.16. The van der Waals surface area contributed by atoms with Gasteiger partial charge in [0.15, 0.2) is 16.6 Å². The monoisotopic (exact) mass is 273 g/mol. The molecular formula is C9H8ClN3O3S. The van der Waals surface area contributed by atoms with Gasteiger partial charge in [0.2, 0.25) is 11.8 Å². The lowest BCUT2D eigenvalue weighted by molar-refractivity contribution is -0.123. The number of halogens is 1. The molecule has 0 aliphatic carbocycles. The van der Waals surface area contributed by atoms with Crippen LogP contribution >= 0.6 is 22.9 Å². The first-order valence-corrected chi connectivity index (χ1v) is 5.93. The highest BCUT2D eigenvalue weighted by Gasteiger charge is 2.35. The lowest BCUT2D eigenvalue weighted by atomic mass is 10.1. The zero-order valence-electron chi connectivity index (χ0n) is 8.55. The van der Waals surface area contributed by atoms with Crippen LogP contribution in [0.5, 0.6) is 0 Å². The van der Waals surface area contributed by atoms with Crippen molar-refractivity contribution in [2.75, 3.05) is 11.4 Å². The molecule has 17 heavy (non-hydrogen) atoms. The molecular weight excluding hydrogens is 266 g/mol. The second-order valence-electron chi connectivity index (χ2n) is 3.58. The van der Waals surface area contributed by atoms with E-state index in [1.165, 1.54) is 4.90 Å². The number of nitrogens with zero attached hydrogens (tertiary/aromatic N) is 2. The molecule has 0 aromatic carbocycles. The molecule has 0 spiro atoms. The number of thiazole rings is 1. The maximum absolute atomic E-state index is 11.7. The minimum Gasteiger partial charge on any atom is -0.369 e. The van der Waals surface area contributed by atoms with Gasteiger partial charge in [0.25, 0.3) is 0 Å². The number of amides is 2. The molecule has 2 amide bonds. The van der Waals surface area contributed by atoms with Gasteiger partial charge in [-0.2, -0.15) is 0 Å². The number of nitrogens with two attached hydrogens (primary N) is 1. The quantitative estimate of drug-likeness (QED) is 0.809. The first-order chi connectivity index (χ1) is 8.02. The number of hydrogen-bond donors (Lipinski definition) is 1. The first kappa shape index (κ1) is 12.0. The third-order valence-electron chi connectivity index (χ3n) is 2.46. The average Bonchev–Trinajstić information content (AvgIpc) is 2.81. The summed E-state index contributed by atoms with van der Waals surface area (Å²) in [6.45, 7) is 0.191. The molecule has 2 N–H and O–H groups in total. The van der Waals surface area contributed by atoms with Crippen LogP contribution in [0.2, 0.25) is 5.15 Å². The largest absolute Gasteiger partial charge is 0.369 e. The summed E-state index contributed by atoms with van der Waals surface area (Å²) in [6, 6.07) is 0. The molecule has 1 aromatic rings. The summed E-state index contributed by atoms with van der Waals surface area (Å²) >= 11 is 6.72. The number of carbonyl (C=O) groups excluding carboxylic acids is 3. The van der Waals surface area contributed by atoms with Gasteiger partial charge in [-0.1, -0.05) is 22.9 Å². The molecule has 1 saturated heterocycles. The van der Waals surface area contributed by atoms with Crippen LogP contribution < -0.4 is 10.6 Å². The molecule has 1 fully saturated rings. The van der Waals surface area contributed by atoms with Crippen LogP contribution in [0.3, 0.4) is 0 Å². The molecule has 0 saturated carbocycles. The Morgan fingerprint density at radius 2 is 2.35 bits per heavy atom. The molecule has 6 nitrogen and oxygen atoms in total. The van der Waals surface area contributed by atoms with Crippen molar-refractivity contribution in [2.45, 2.75) is 6.42 Å². The van der Waals surface area contributed by atoms with Crippen molar-refractivity contribution in [3.8, 4) is 0 Å². The number of anilines is 1. The van der Waals surface area contributed by atoms with E-state index < -0.39 is 11.8 Å². The van der Waals surface area contributed by atoms with Crippen LogP contribution in [0.15, 0.2) is 0 Å². The Kier molecular flexibility index (Phi) is 3.12. The van der Waals surface area contributed by atoms with E-state index in [-0.39, 0.29) is 28.9 Å². The SMILES string of the molecule is NC(=O)C1CC(=O)N(c2nc(Cl)c(C=O)s2)C1. The molecule has 1 aliphatic rings. The van der Waals surface area contributed by atoms with Crippen LogP contribution in [0, 0.1) is 5.92 Å². The van der Waals surface area contributed by atoms with Crippen LogP contribution in [0.1, 0.15) is 16.1 Å². The standard InChI is InChI=1S/C9H8ClN3O3S/c10-7-5(3-14)17-9(12-7)13-2-4(8(11)16)1-6(13)15/h3-4H,1-2H2,(H2,11,16). The molecule has 0 bridgehead atoms. The average molecular weight is 274 g/mol. The van der Waals surface area contributed by atoms with Crippen molar-refractivity contribution in [2.24, 2.45) is 11.7 Å². The predicted molar refractivity (Wildman–Crippen MR) is 62.2 cm³/mol. The summed E-state index contributed by atoms with van der Waals surface area (Å²) in [5.41, 5.74) is 5.14. The number of hydrogen-bond acceptors (Lipinski definition) is 5. The smallest absolute Gasteiger partial charge is 0.229 e. The van der Waals surface area contributed by atoms with Crippen molar-refractivity contribution in [1.82, 2.24) is 4.98 Å². The molecule has 1 aliphatic heterocycles. The van der Waals surface area contributed by atoms with Gasteiger partial charge >= 0.3 is 0 Å². The summed E-state index contributed by atoms with van der Waals surface area (Å²) in [6.07, 6.45) is 0.651. The van der Waals surface area contributed by atoms with Gasteiger partial charge < -0.3 is 5.73 Å². The fourth-order valence-electron chi connectivity index (χ4n) is 1.57. The van der Waals surface area contributed by atoms with Gasteiger partial charge in [0, 0.05) is 13.0 Å². The maximum atomic E-state index is 11.7. The Morgan fingerprint density at radius 3 is 2.82 bits per heavy atom. The van der Waals surface area contributed by atoms with E-state index in [9.17, 15) is 14.4 Å². The summed E-state index contributed by atoms with van der Waals surface area (Å²) in [7, 11) is 0. The predicted octanol–water partition coefficient (Wildman–Crippen LogP) is 0.447. The van der Waals surface area contributed by atoms with Gasteiger partial charge in [-0.25, -0.2) is 4.98 Å². The lowest BCUT2D eigenvalue weighted by Gasteiger charge is -2.11. The number of aldehydes is 1. The highest BCUT2D eigenvalue weighted by Crippen LogP contribution is 2.32. The van der Waals surface area contributed by atoms with E-state index in [0.717, 1.165) is 11.3 Å². The van der Waals surface area contributed by atoms with Gasteiger partial charge in [-0.3, -0.25) is 19.3 Å². The first-order valence-electron chi connectivity index (χ1n) is 4.74. The summed E-state index contributed by atoms with van der Waals surface area (Å²) in [5, 5.41) is 0.390. The molecule has 2 rings (SSSR count). The summed E-state index contributed by atoms with van der Waals surface area (Å²) in [4.78, 5) is 38.8. The van der Waals surface area contributed by atoms with Crippen molar-refractivity contribution in [1.29, 1.82) is 0 Å². The third-order valence-corrected chi connectivity index (χ3v) is 3.87. The topological polar surface area (TPSA) is 93.4 Å². The molecule has 0 radical (unpaired) electrons. The normalized spacial score (nSPS) is 19.7. The number of rotatable bonds is 3. The van der Waals surface area contributed by atoms with E-state index in [2.05, 4.69) is 4.98 Å². The van der Waals surface area contributed by atoms with Crippen LogP contribution in [-0.2, 0) is 9.59 Å². The lowest BCUT2D eigenvalue weighted by Crippen LogP contribution is -2.28. The van der Waals surface area contributed by atoms with Crippen LogP contribution in [0.25, 0.3) is 0 Å². The fraction of sp³-hybridized carbons (Fsp3) is 0.333. The zero-order valence-corrected chi connectivity index (χ0v) is 10.1. The molecule has 1 atom stereocenters. The van der Waals surface area contributed by atoms with Crippen LogP contribution in [0.4, 0.5) is 5.13 Å². The number of aromatic nitrogens is 1. The van der Waals surface area contributed by atoms with E-state index in [4.69, 9.17) is 17.3 Å². The molecule has 1 unspecified atom stereocenters. The van der Waals surface area contributed by atoms with E-state index in [1.807, 2.05) is 0 Å². The van der Waals surface area contributed by atoms with Gasteiger partial charge in [-0.05, 0) is 0 Å². The van der Waals surface area contributed by atoms with E-state index >= 15 is 0 Å². The van der Waals surface area contributed by atoms with Gasteiger partial charge in [-0.15, -0.1) is 0 Å². The minimum atomic E-state index is -0.515. The van der Waals surface area contributed by atoms with Crippen molar-refractivity contribution in [3.63, 3.8) is 0 Å². The van der Waals surface area contributed by atoms with E-state index in [0.29, 0.717) is 11.4 Å². The fourth-order valence-corrected chi connectivity index (χ4v) is 2.66. The molecule has 8 heteroatoms. The molecule has 1 aromatic heterocycles. The van der Waals surface area contributed by atoms with Gasteiger partial charge in [0.1, 0.15) is 4.88 Å². The zero-order chi connectivity index (χ0) is 12.6. The number of primary amides is 1. The highest BCUT2D eigenvalue weighted by atomic mass is 35.5. The Hall–Kier alpha value is -1.47.